The van der Waals surface area contributed by atoms with Crippen molar-refractivity contribution in [1.82, 2.24) is 5.43 Å². The molecule has 0 bridgehead atoms. The van der Waals surface area contributed by atoms with Crippen molar-refractivity contribution in [3.05, 3.63) is 101 Å². The van der Waals surface area contributed by atoms with Crippen LogP contribution in [-0.4, -0.2) is 31.3 Å². The summed E-state index contributed by atoms with van der Waals surface area (Å²) in [5, 5.41) is 6.85. The van der Waals surface area contributed by atoms with Gasteiger partial charge in [0.2, 0.25) is 0 Å². The number of hydrogen-bond donors (Lipinski definition) is 1. The molecule has 1 amide bonds. The number of fused-ring (bicyclic) bond motifs is 1. The molecule has 4 aromatic rings. The molecule has 0 aliphatic heterocycles. The van der Waals surface area contributed by atoms with Crippen LogP contribution < -0.4 is 19.6 Å². The molecule has 0 fully saturated rings. The standard InChI is InChI=1S/C29H24Cl2N2O5/c30-22-12-15-27(25(31)17-22)36-16-4-9-29(35)38-23-13-10-20(11-14-23)18-32-33-28(34)19-37-26-8-3-6-21-5-1-2-7-24(21)26/h1-3,5-8,10-15,17-18H,4,9,16,19H2,(H,33,34)/b32-18-. The molecule has 0 spiro atoms. The first kappa shape index (κ1) is 27.0. The van der Waals surface area contributed by atoms with Gasteiger partial charge in [-0.25, -0.2) is 5.43 Å². The predicted octanol–water partition coefficient (Wildman–Crippen LogP) is 6.44. The van der Waals surface area contributed by atoms with E-state index in [1.54, 1.807) is 42.5 Å². The summed E-state index contributed by atoms with van der Waals surface area (Å²) in [5.41, 5.74) is 3.15. The van der Waals surface area contributed by atoms with E-state index in [9.17, 15) is 9.59 Å². The Hall–Kier alpha value is -4.07. The van der Waals surface area contributed by atoms with Crippen LogP contribution >= 0.6 is 23.2 Å². The van der Waals surface area contributed by atoms with E-state index >= 15 is 0 Å². The van der Waals surface area contributed by atoms with Crippen LogP contribution in [0.5, 0.6) is 17.2 Å². The highest BCUT2D eigenvalue weighted by atomic mass is 35.5. The summed E-state index contributed by atoms with van der Waals surface area (Å²) in [7, 11) is 0. The van der Waals surface area contributed by atoms with E-state index in [0.717, 1.165) is 10.8 Å². The monoisotopic (exact) mass is 550 g/mol. The maximum atomic E-state index is 12.1. The molecule has 0 unspecified atom stereocenters. The first-order valence-corrected chi connectivity index (χ1v) is 12.5. The third-order valence-electron chi connectivity index (χ3n) is 5.30. The van der Waals surface area contributed by atoms with Crippen molar-refractivity contribution < 1.29 is 23.8 Å². The van der Waals surface area contributed by atoms with Gasteiger partial charge in [0.15, 0.2) is 6.61 Å². The van der Waals surface area contributed by atoms with Crippen molar-refractivity contribution in [1.29, 1.82) is 0 Å². The molecule has 1 N–H and O–H groups in total. The fraction of sp³-hybridized carbons (Fsp3) is 0.138. The SMILES string of the molecule is O=C(COc1cccc2ccccc12)N/N=C\c1ccc(OC(=O)CCCOc2ccc(Cl)cc2Cl)cc1. The summed E-state index contributed by atoms with van der Waals surface area (Å²) in [4.78, 5) is 24.2. The average Bonchev–Trinajstić information content (AvgIpc) is 2.92. The summed E-state index contributed by atoms with van der Waals surface area (Å²) in [5.74, 6) is 0.778. The average molecular weight is 551 g/mol. The van der Waals surface area contributed by atoms with Crippen molar-refractivity contribution in [2.75, 3.05) is 13.2 Å². The van der Waals surface area contributed by atoms with Crippen molar-refractivity contribution in [3.8, 4) is 17.2 Å². The van der Waals surface area contributed by atoms with Crippen LogP contribution in [0.3, 0.4) is 0 Å². The van der Waals surface area contributed by atoms with Crippen LogP contribution in [0.15, 0.2) is 90.0 Å². The Bertz CT molecular complexity index is 1440. The van der Waals surface area contributed by atoms with Crippen LogP contribution in [0, 0.1) is 0 Å². The van der Waals surface area contributed by atoms with Gasteiger partial charge in [-0.05, 0) is 65.9 Å². The maximum absolute atomic E-state index is 12.1. The Kier molecular flexibility index (Phi) is 9.56. The zero-order valence-electron chi connectivity index (χ0n) is 20.2. The Labute approximate surface area is 229 Å². The van der Waals surface area contributed by atoms with Gasteiger partial charge < -0.3 is 14.2 Å². The number of nitrogens with one attached hydrogen (secondary N) is 1. The minimum absolute atomic E-state index is 0.169. The molecular weight excluding hydrogens is 527 g/mol. The number of carbonyl (C=O) groups is 2. The van der Waals surface area contributed by atoms with Gasteiger partial charge in [0.1, 0.15) is 17.2 Å². The first-order valence-electron chi connectivity index (χ1n) is 11.8. The molecule has 0 aliphatic rings. The molecule has 4 aromatic carbocycles. The van der Waals surface area contributed by atoms with Crippen LogP contribution in [-0.2, 0) is 9.59 Å². The van der Waals surface area contributed by atoms with Gasteiger partial charge in [0, 0.05) is 16.8 Å². The third kappa shape index (κ3) is 7.96. The Morgan fingerprint density at radius 2 is 1.66 bits per heavy atom. The fourth-order valence-electron chi connectivity index (χ4n) is 3.47. The second kappa shape index (κ2) is 13.5. The van der Waals surface area contributed by atoms with E-state index in [-0.39, 0.29) is 24.9 Å². The van der Waals surface area contributed by atoms with Gasteiger partial charge in [-0.1, -0.05) is 59.6 Å². The van der Waals surface area contributed by atoms with E-state index in [1.807, 2.05) is 42.5 Å². The number of rotatable bonds is 11. The van der Waals surface area contributed by atoms with E-state index in [0.29, 0.717) is 45.9 Å². The van der Waals surface area contributed by atoms with Crippen molar-refractivity contribution >= 4 is 52.1 Å². The normalized spacial score (nSPS) is 10.9. The smallest absolute Gasteiger partial charge is 0.311 e. The lowest BCUT2D eigenvalue weighted by molar-refractivity contribution is -0.134. The molecule has 0 saturated carbocycles. The third-order valence-corrected chi connectivity index (χ3v) is 5.83. The number of carbonyl (C=O) groups excluding carboxylic acids is 2. The molecule has 9 heteroatoms. The van der Waals surface area contributed by atoms with E-state index in [1.165, 1.54) is 6.21 Å². The molecule has 0 aromatic heterocycles. The van der Waals surface area contributed by atoms with E-state index in [2.05, 4.69) is 10.5 Å². The maximum Gasteiger partial charge on any atom is 0.311 e. The molecule has 4 rings (SSSR count). The summed E-state index contributed by atoms with van der Waals surface area (Å²) in [6, 6.07) is 25.2. The quantitative estimate of drug-likeness (QED) is 0.0763. The van der Waals surface area contributed by atoms with Gasteiger partial charge >= 0.3 is 5.97 Å². The number of halogens is 2. The Balaban J connectivity index is 1.16. The van der Waals surface area contributed by atoms with E-state index in [4.69, 9.17) is 37.4 Å². The minimum Gasteiger partial charge on any atom is -0.492 e. The molecule has 0 radical (unpaired) electrons. The number of amides is 1. The van der Waals surface area contributed by atoms with Crippen LogP contribution in [0.1, 0.15) is 18.4 Å². The van der Waals surface area contributed by atoms with Gasteiger partial charge in [0.25, 0.3) is 5.91 Å². The second-order valence-corrected chi connectivity index (χ2v) is 8.97. The lowest BCUT2D eigenvalue weighted by Crippen LogP contribution is -2.24. The minimum atomic E-state index is -0.387. The largest absolute Gasteiger partial charge is 0.492 e. The molecule has 0 aliphatic carbocycles. The number of hydrogen-bond acceptors (Lipinski definition) is 6. The van der Waals surface area contributed by atoms with Gasteiger partial charge in [0.05, 0.1) is 17.8 Å². The van der Waals surface area contributed by atoms with Crippen LogP contribution in [0.2, 0.25) is 10.0 Å². The second-order valence-electron chi connectivity index (χ2n) is 8.13. The van der Waals surface area contributed by atoms with Crippen molar-refractivity contribution in [2.45, 2.75) is 12.8 Å². The first-order chi connectivity index (χ1) is 18.5. The molecule has 38 heavy (non-hydrogen) atoms. The predicted molar refractivity (Wildman–Crippen MR) is 148 cm³/mol. The van der Waals surface area contributed by atoms with E-state index < -0.39 is 0 Å². The summed E-state index contributed by atoms with van der Waals surface area (Å²) in [6.07, 6.45) is 2.13. The lowest BCUT2D eigenvalue weighted by atomic mass is 10.1. The molecule has 0 atom stereocenters. The zero-order chi connectivity index (χ0) is 26.7. The number of ether oxygens (including phenoxy) is 3. The highest BCUT2D eigenvalue weighted by Gasteiger charge is 2.08. The van der Waals surface area contributed by atoms with Crippen molar-refractivity contribution in [2.24, 2.45) is 5.10 Å². The summed E-state index contributed by atoms with van der Waals surface area (Å²) in [6.45, 7) is 0.141. The van der Waals surface area contributed by atoms with Gasteiger partial charge in [-0.3, -0.25) is 9.59 Å². The van der Waals surface area contributed by atoms with Gasteiger partial charge in [-0.15, -0.1) is 0 Å². The number of hydrazone groups is 1. The molecule has 194 valence electrons. The fourth-order valence-corrected chi connectivity index (χ4v) is 3.93. The molecule has 7 nitrogen and oxygen atoms in total. The Morgan fingerprint density at radius 1 is 0.868 bits per heavy atom. The topological polar surface area (TPSA) is 86.2 Å². The summed E-state index contributed by atoms with van der Waals surface area (Å²) < 4.78 is 16.6. The highest BCUT2D eigenvalue weighted by molar-refractivity contribution is 6.35. The zero-order valence-corrected chi connectivity index (χ0v) is 21.7. The number of nitrogens with zero attached hydrogens (tertiary/aromatic N) is 1. The number of benzene rings is 4. The summed E-state index contributed by atoms with van der Waals surface area (Å²) >= 11 is 11.9. The highest BCUT2D eigenvalue weighted by Crippen LogP contribution is 2.28. The molecule has 0 heterocycles. The lowest BCUT2D eigenvalue weighted by Gasteiger charge is -2.08. The molecular formula is C29H24Cl2N2O5. The van der Waals surface area contributed by atoms with Crippen LogP contribution in [0.4, 0.5) is 0 Å². The van der Waals surface area contributed by atoms with Crippen LogP contribution in [0.25, 0.3) is 10.8 Å². The Morgan fingerprint density at radius 3 is 2.47 bits per heavy atom. The number of esters is 1. The van der Waals surface area contributed by atoms with Gasteiger partial charge in [-0.2, -0.15) is 5.10 Å². The van der Waals surface area contributed by atoms with Crippen molar-refractivity contribution in [3.63, 3.8) is 0 Å². The molecule has 0 saturated heterocycles.